The summed E-state index contributed by atoms with van der Waals surface area (Å²) in [5.74, 6) is 1.82. The molecule has 1 aliphatic carbocycles. The molecule has 2 fully saturated rings. The van der Waals surface area contributed by atoms with Crippen LogP contribution >= 0.6 is 0 Å². The van der Waals surface area contributed by atoms with E-state index in [4.69, 9.17) is 9.72 Å². The van der Waals surface area contributed by atoms with Gasteiger partial charge in [0.05, 0.1) is 17.5 Å². The van der Waals surface area contributed by atoms with E-state index in [2.05, 4.69) is 15.3 Å². The quantitative estimate of drug-likeness (QED) is 0.673. The minimum atomic E-state index is 0.159. The highest BCUT2D eigenvalue weighted by atomic mass is 16.5. The summed E-state index contributed by atoms with van der Waals surface area (Å²) in [7, 11) is 3.94. The van der Waals surface area contributed by atoms with Gasteiger partial charge in [-0.15, -0.1) is 0 Å². The Balaban J connectivity index is 1.33. The van der Waals surface area contributed by atoms with Gasteiger partial charge in [0.1, 0.15) is 0 Å². The van der Waals surface area contributed by atoms with Crippen molar-refractivity contribution in [1.82, 2.24) is 20.3 Å². The van der Waals surface area contributed by atoms with Gasteiger partial charge in [-0.1, -0.05) is 6.07 Å². The lowest BCUT2D eigenvalue weighted by atomic mass is 9.79. The van der Waals surface area contributed by atoms with Gasteiger partial charge in [0.2, 0.25) is 11.9 Å². The maximum Gasteiger partial charge on any atom is 0.225 e. The fourth-order valence-corrected chi connectivity index (χ4v) is 4.78. The average molecular weight is 438 g/mol. The Morgan fingerprint density at radius 1 is 1.16 bits per heavy atom. The standard InChI is InChI=1S/C25H35N5O2/c1-30(2)25-28-17-21(22-7-3-4-14-26-22)24(29-25)19-10-8-18(9-11-19)16-27-23(31)13-12-20-6-5-15-32-20/h3-4,7,14,17-20H,5-6,8-13,15-16H2,1-2H3,(H,27,31)/t18?,19?,20-/m0/s1. The minimum absolute atomic E-state index is 0.159. The molecule has 1 N–H and O–H groups in total. The fraction of sp³-hybridized carbons (Fsp3) is 0.600. The molecule has 172 valence electrons. The summed E-state index contributed by atoms with van der Waals surface area (Å²) in [5, 5.41) is 3.16. The fourth-order valence-electron chi connectivity index (χ4n) is 4.78. The summed E-state index contributed by atoms with van der Waals surface area (Å²) in [6.45, 7) is 1.62. The summed E-state index contributed by atoms with van der Waals surface area (Å²) in [6, 6.07) is 5.96. The van der Waals surface area contributed by atoms with Gasteiger partial charge in [-0.3, -0.25) is 9.78 Å². The highest BCUT2D eigenvalue weighted by Crippen LogP contribution is 2.38. The van der Waals surface area contributed by atoms with Gasteiger partial charge in [-0.05, 0) is 63.0 Å². The van der Waals surface area contributed by atoms with Crippen molar-refractivity contribution in [2.24, 2.45) is 5.92 Å². The van der Waals surface area contributed by atoms with E-state index in [9.17, 15) is 4.79 Å². The number of anilines is 1. The zero-order chi connectivity index (χ0) is 22.3. The molecule has 1 saturated carbocycles. The van der Waals surface area contributed by atoms with Gasteiger partial charge in [0.15, 0.2) is 0 Å². The van der Waals surface area contributed by atoms with Crippen molar-refractivity contribution >= 4 is 11.9 Å². The number of hydrogen-bond donors (Lipinski definition) is 1. The first-order valence-electron chi connectivity index (χ1n) is 11.9. The second-order valence-corrected chi connectivity index (χ2v) is 9.27. The first-order chi connectivity index (χ1) is 15.6. The van der Waals surface area contributed by atoms with Gasteiger partial charge >= 0.3 is 0 Å². The molecule has 0 radical (unpaired) electrons. The van der Waals surface area contributed by atoms with E-state index in [1.807, 2.05) is 49.6 Å². The second-order valence-electron chi connectivity index (χ2n) is 9.27. The molecule has 2 aromatic rings. The SMILES string of the molecule is CN(C)c1ncc(-c2ccccn2)c(C2CCC(CNC(=O)CC[C@@H]3CCCO3)CC2)n1. The minimum Gasteiger partial charge on any atom is -0.378 e. The second kappa shape index (κ2) is 10.9. The Kier molecular flexibility index (Phi) is 7.68. The molecule has 2 aliphatic rings. The number of nitrogens with one attached hydrogen (secondary N) is 1. The molecule has 0 aromatic carbocycles. The molecule has 0 unspecified atom stereocenters. The zero-order valence-corrected chi connectivity index (χ0v) is 19.3. The molecule has 3 heterocycles. The monoisotopic (exact) mass is 437 g/mol. The molecule has 7 nitrogen and oxygen atoms in total. The molecule has 7 heteroatoms. The van der Waals surface area contributed by atoms with Crippen LogP contribution in [0.15, 0.2) is 30.6 Å². The smallest absolute Gasteiger partial charge is 0.225 e. The lowest BCUT2D eigenvalue weighted by molar-refractivity contribution is -0.121. The number of carbonyl (C=O) groups is 1. The summed E-state index contributed by atoms with van der Waals surface area (Å²) >= 11 is 0. The third kappa shape index (κ3) is 5.82. The topological polar surface area (TPSA) is 80.2 Å². The summed E-state index contributed by atoms with van der Waals surface area (Å²) in [4.78, 5) is 28.2. The number of hydrogen-bond acceptors (Lipinski definition) is 6. The largest absolute Gasteiger partial charge is 0.378 e. The molecule has 1 aliphatic heterocycles. The van der Waals surface area contributed by atoms with Gasteiger partial charge in [0, 0.05) is 57.5 Å². The first kappa shape index (κ1) is 22.6. The van der Waals surface area contributed by atoms with Crippen molar-refractivity contribution < 1.29 is 9.53 Å². The van der Waals surface area contributed by atoms with Gasteiger partial charge in [-0.25, -0.2) is 9.97 Å². The lowest BCUT2D eigenvalue weighted by Crippen LogP contribution is -2.31. The van der Waals surface area contributed by atoms with Crippen LogP contribution < -0.4 is 10.2 Å². The van der Waals surface area contributed by atoms with Crippen molar-refractivity contribution in [2.45, 2.75) is 63.4 Å². The molecule has 2 aromatic heterocycles. The van der Waals surface area contributed by atoms with E-state index in [-0.39, 0.29) is 12.0 Å². The molecule has 4 rings (SSSR count). The van der Waals surface area contributed by atoms with E-state index in [0.29, 0.717) is 18.3 Å². The van der Waals surface area contributed by atoms with E-state index < -0.39 is 0 Å². The summed E-state index contributed by atoms with van der Waals surface area (Å²) < 4.78 is 5.62. The number of pyridine rings is 1. The number of carbonyl (C=O) groups excluding carboxylic acids is 1. The molecule has 0 bridgehead atoms. The van der Waals surface area contributed by atoms with Gasteiger partial charge in [0.25, 0.3) is 0 Å². The molecule has 0 spiro atoms. The van der Waals surface area contributed by atoms with Crippen LogP contribution in [0.3, 0.4) is 0 Å². The van der Waals surface area contributed by atoms with Crippen LogP contribution in [0.2, 0.25) is 0 Å². The molecule has 1 amide bonds. The van der Waals surface area contributed by atoms with Crippen LogP contribution in [0.4, 0.5) is 5.95 Å². The molecule has 1 atom stereocenters. The lowest BCUT2D eigenvalue weighted by Gasteiger charge is -2.29. The molecule has 32 heavy (non-hydrogen) atoms. The molecule has 1 saturated heterocycles. The van der Waals surface area contributed by atoms with Crippen molar-refractivity contribution in [3.8, 4) is 11.3 Å². The Hall–Kier alpha value is -2.54. The first-order valence-corrected chi connectivity index (χ1v) is 11.9. The number of nitrogens with zero attached hydrogens (tertiary/aromatic N) is 4. The van der Waals surface area contributed by atoms with Gasteiger partial charge < -0.3 is 15.0 Å². The van der Waals surface area contributed by atoms with Crippen molar-refractivity contribution in [1.29, 1.82) is 0 Å². The zero-order valence-electron chi connectivity index (χ0n) is 19.3. The Bertz CT molecular complexity index is 875. The number of aromatic nitrogens is 3. The highest BCUT2D eigenvalue weighted by Gasteiger charge is 2.27. The van der Waals surface area contributed by atoms with Gasteiger partial charge in [-0.2, -0.15) is 0 Å². The predicted molar refractivity (Wildman–Crippen MR) is 126 cm³/mol. The average Bonchev–Trinajstić information content (AvgIpc) is 3.36. The highest BCUT2D eigenvalue weighted by molar-refractivity contribution is 5.75. The van der Waals surface area contributed by atoms with Crippen molar-refractivity contribution in [2.75, 3.05) is 32.1 Å². The van der Waals surface area contributed by atoms with Crippen LogP contribution in [0, 0.1) is 5.92 Å². The van der Waals surface area contributed by atoms with E-state index >= 15 is 0 Å². The third-order valence-electron chi connectivity index (χ3n) is 6.69. The van der Waals surface area contributed by atoms with Crippen LogP contribution in [0.1, 0.15) is 63.0 Å². The summed E-state index contributed by atoms with van der Waals surface area (Å²) in [6.07, 6.45) is 12.0. The van der Waals surface area contributed by atoms with E-state index in [1.54, 1.807) is 0 Å². The molecular formula is C25H35N5O2. The van der Waals surface area contributed by atoms with Crippen molar-refractivity contribution in [3.63, 3.8) is 0 Å². The van der Waals surface area contributed by atoms with E-state index in [0.717, 1.165) is 81.0 Å². The van der Waals surface area contributed by atoms with Crippen LogP contribution in [0.25, 0.3) is 11.3 Å². The van der Waals surface area contributed by atoms with Crippen LogP contribution in [0.5, 0.6) is 0 Å². The number of ether oxygens (including phenoxy) is 1. The Labute approximate surface area is 191 Å². The molecular weight excluding hydrogens is 402 g/mol. The normalized spacial score (nSPS) is 23.1. The van der Waals surface area contributed by atoms with Crippen molar-refractivity contribution in [3.05, 3.63) is 36.3 Å². The van der Waals surface area contributed by atoms with Crippen LogP contribution in [-0.2, 0) is 9.53 Å². The number of rotatable bonds is 8. The number of amides is 1. The summed E-state index contributed by atoms with van der Waals surface area (Å²) in [5.41, 5.74) is 3.05. The maximum absolute atomic E-state index is 12.2. The predicted octanol–water partition coefficient (Wildman–Crippen LogP) is 3.95. The Morgan fingerprint density at radius 3 is 2.69 bits per heavy atom. The maximum atomic E-state index is 12.2. The Morgan fingerprint density at radius 2 is 2.00 bits per heavy atom. The van der Waals surface area contributed by atoms with Crippen LogP contribution in [-0.4, -0.2) is 54.2 Å². The third-order valence-corrected chi connectivity index (χ3v) is 6.69. The van der Waals surface area contributed by atoms with E-state index in [1.165, 1.54) is 0 Å².